The third-order valence-electron chi connectivity index (χ3n) is 5.68. The van der Waals surface area contributed by atoms with Crippen LogP contribution in [0.1, 0.15) is 55.0 Å². The number of rotatable bonds is 7. The Morgan fingerprint density at radius 2 is 1.93 bits per heavy atom. The molecule has 0 spiro atoms. The Hall–Kier alpha value is -1.57. The normalized spacial score (nSPS) is 16.4. The van der Waals surface area contributed by atoms with Crippen molar-refractivity contribution in [3.8, 4) is 0 Å². The fourth-order valence-electron chi connectivity index (χ4n) is 4.22. The number of thiophene rings is 1. The van der Waals surface area contributed by atoms with E-state index in [2.05, 4.69) is 53.7 Å². The van der Waals surface area contributed by atoms with E-state index in [1.807, 2.05) is 23.1 Å². The van der Waals surface area contributed by atoms with Crippen molar-refractivity contribution in [2.75, 3.05) is 11.5 Å². The molecule has 0 fully saturated rings. The SMILES string of the molecule is CCCSc1nc2sc3c(c2c2nnc(SCCc4ccccc4)n12)C(C)CCC3. The van der Waals surface area contributed by atoms with Crippen LogP contribution < -0.4 is 0 Å². The number of nitrogens with zero attached hydrogens (tertiary/aromatic N) is 4. The molecular weight excluding hydrogens is 428 g/mol. The van der Waals surface area contributed by atoms with E-state index >= 15 is 0 Å². The number of thioether (sulfide) groups is 2. The Labute approximate surface area is 189 Å². The molecule has 156 valence electrons. The Morgan fingerprint density at radius 1 is 1.10 bits per heavy atom. The highest BCUT2D eigenvalue weighted by atomic mass is 32.2. The highest BCUT2D eigenvalue weighted by Gasteiger charge is 2.27. The van der Waals surface area contributed by atoms with E-state index in [0.29, 0.717) is 5.92 Å². The molecule has 0 N–H and O–H groups in total. The van der Waals surface area contributed by atoms with Crippen LogP contribution in [0, 0.1) is 0 Å². The summed E-state index contributed by atoms with van der Waals surface area (Å²) in [5.74, 6) is 2.62. The van der Waals surface area contributed by atoms with Crippen molar-refractivity contribution < 1.29 is 0 Å². The zero-order valence-electron chi connectivity index (χ0n) is 17.4. The van der Waals surface area contributed by atoms with Crippen LogP contribution in [0.3, 0.4) is 0 Å². The number of benzene rings is 1. The largest absolute Gasteiger partial charge is 0.248 e. The molecule has 1 aliphatic carbocycles. The number of hydrogen-bond acceptors (Lipinski definition) is 6. The zero-order chi connectivity index (χ0) is 20.5. The van der Waals surface area contributed by atoms with Gasteiger partial charge in [-0.15, -0.1) is 21.5 Å². The van der Waals surface area contributed by atoms with Crippen LogP contribution in [0.15, 0.2) is 40.6 Å². The minimum absolute atomic E-state index is 0.577. The van der Waals surface area contributed by atoms with Gasteiger partial charge in [-0.2, -0.15) is 0 Å². The maximum absolute atomic E-state index is 5.13. The summed E-state index contributed by atoms with van der Waals surface area (Å²) in [6.45, 7) is 4.57. The Balaban J connectivity index is 1.56. The van der Waals surface area contributed by atoms with E-state index < -0.39 is 0 Å². The van der Waals surface area contributed by atoms with Gasteiger partial charge < -0.3 is 0 Å². The molecule has 0 saturated heterocycles. The van der Waals surface area contributed by atoms with Crippen molar-refractivity contribution in [1.29, 1.82) is 0 Å². The van der Waals surface area contributed by atoms with E-state index in [1.54, 1.807) is 11.8 Å². The fourth-order valence-corrected chi connectivity index (χ4v) is 7.43. The van der Waals surface area contributed by atoms with Gasteiger partial charge >= 0.3 is 0 Å². The molecule has 3 heterocycles. The van der Waals surface area contributed by atoms with Crippen LogP contribution in [0.2, 0.25) is 0 Å². The van der Waals surface area contributed by atoms with Gasteiger partial charge in [-0.1, -0.05) is 67.7 Å². The molecule has 4 aromatic rings. The second-order valence-corrected chi connectivity index (χ2v) is 11.1. The lowest BCUT2D eigenvalue weighted by Crippen LogP contribution is -2.05. The molecule has 1 aliphatic rings. The van der Waals surface area contributed by atoms with Gasteiger partial charge in [0.05, 0.1) is 5.39 Å². The Morgan fingerprint density at radius 3 is 2.77 bits per heavy atom. The molecule has 0 bridgehead atoms. The van der Waals surface area contributed by atoms with Crippen molar-refractivity contribution >= 4 is 50.7 Å². The quantitative estimate of drug-likeness (QED) is 0.232. The molecule has 30 heavy (non-hydrogen) atoms. The molecule has 0 radical (unpaired) electrons. The van der Waals surface area contributed by atoms with Crippen LogP contribution in [-0.2, 0) is 12.8 Å². The number of fused-ring (bicyclic) bond motifs is 5. The van der Waals surface area contributed by atoms with E-state index in [4.69, 9.17) is 10.1 Å². The van der Waals surface area contributed by atoms with E-state index in [9.17, 15) is 0 Å². The van der Waals surface area contributed by atoms with Crippen molar-refractivity contribution in [1.82, 2.24) is 19.6 Å². The van der Waals surface area contributed by atoms with Crippen LogP contribution in [0.4, 0.5) is 0 Å². The average Bonchev–Trinajstić information content (AvgIpc) is 3.35. The smallest absolute Gasteiger partial charge is 0.197 e. The molecule has 0 aliphatic heterocycles. The van der Waals surface area contributed by atoms with Crippen LogP contribution in [0.25, 0.3) is 15.9 Å². The summed E-state index contributed by atoms with van der Waals surface area (Å²) < 4.78 is 2.23. The van der Waals surface area contributed by atoms with Crippen LogP contribution in [0.5, 0.6) is 0 Å². The second-order valence-electron chi connectivity index (χ2n) is 7.88. The number of aromatic nitrogens is 4. The topological polar surface area (TPSA) is 43.1 Å². The van der Waals surface area contributed by atoms with Gasteiger partial charge in [0.25, 0.3) is 0 Å². The average molecular weight is 455 g/mol. The van der Waals surface area contributed by atoms with Gasteiger partial charge in [0.2, 0.25) is 0 Å². The summed E-state index contributed by atoms with van der Waals surface area (Å²) in [5, 5.41) is 12.6. The molecule has 3 aromatic heterocycles. The Kier molecular flexibility index (Phi) is 6.03. The minimum Gasteiger partial charge on any atom is -0.248 e. The first-order chi connectivity index (χ1) is 14.8. The highest BCUT2D eigenvalue weighted by molar-refractivity contribution is 7.99. The summed E-state index contributed by atoms with van der Waals surface area (Å²) in [4.78, 5) is 7.79. The van der Waals surface area contributed by atoms with Crippen molar-refractivity contribution in [3.05, 3.63) is 46.3 Å². The summed E-state index contributed by atoms with van der Waals surface area (Å²) in [5.41, 5.74) is 3.85. The third kappa shape index (κ3) is 3.76. The number of hydrogen-bond donors (Lipinski definition) is 0. The standard InChI is InChI=1S/C23H26N4S3/c1-3-13-28-22-24-21-19(18-15(2)8-7-11-17(18)30-21)20-25-26-23(27(20)22)29-14-12-16-9-5-4-6-10-16/h4-6,9-10,15H,3,7-8,11-14H2,1-2H3. The van der Waals surface area contributed by atoms with E-state index in [-0.39, 0.29) is 0 Å². The summed E-state index contributed by atoms with van der Waals surface area (Å²) in [6, 6.07) is 10.7. The third-order valence-corrected chi connectivity index (χ3v) is 8.92. The lowest BCUT2D eigenvalue weighted by atomic mass is 9.87. The van der Waals surface area contributed by atoms with Gasteiger partial charge in [-0.05, 0) is 49.1 Å². The Bertz CT molecular complexity index is 1170. The van der Waals surface area contributed by atoms with Crippen LogP contribution >= 0.6 is 34.9 Å². The predicted molar refractivity (Wildman–Crippen MR) is 129 cm³/mol. The lowest BCUT2D eigenvalue weighted by Gasteiger charge is -2.18. The van der Waals surface area contributed by atoms with Gasteiger partial charge in [0.15, 0.2) is 16.0 Å². The van der Waals surface area contributed by atoms with Gasteiger partial charge in [-0.25, -0.2) is 9.38 Å². The molecular formula is C23H26N4S3. The van der Waals surface area contributed by atoms with Crippen molar-refractivity contribution in [3.63, 3.8) is 0 Å². The zero-order valence-corrected chi connectivity index (χ0v) is 19.9. The maximum atomic E-state index is 5.13. The number of aryl methyl sites for hydroxylation is 2. The molecule has 7 heteroatoms. The molecule has 1 unspecified atom stereocenters. The lowest BCUT2D eigenvalue weighted by molar-refractivity contribution is 0.602. The van der Waals surface area contributed by atoms with Crippen molar-refractivity contribution in [2.45, 2.75) is 62.2 Å². The van der Waals surface area contributed by atoms with Crippen molar-refractivity contribution in [2.24, 2.45) is 0 Å². The summed E-state index contributed by atoms with van der Waals surface area (Å²) in [6.07, 6.45) is 5.87. The summed E-state index contributed by atoms with van der Waals surface area (Å²) in [7, 11) is 0. The first kappa shape index (κ1) is 20.3. The van der Waals surface area contributed by atoms with Crippen LogP contribution in [-0.4, -0.2) is 31.1 Å². The van der Waals surface area contributed by atoms with E-state index in [0.717, 1.165) is 45.1 Å². The highest BCUT2D eigenvalue weighted by Crippen LogP contribution is 2.44. The minimum atomic E-state index is 0.577. The molecule has 4 nitrogen and oxygen atoms in total. The second kappa shape index (κ2) is 8.89. The molecule has 1 aromatic carbocycles. The first-order valence-electron chi connectivity index (χ1n) is 10.8. The molecule has 0 amide bonds. The monoisotopic (exact) mass is 454 g/mol. The van der Waals surface area contributed by atoms with Gasteiger partial charge in [0.1, 0.15) is 4.83 Å². The van der Waals surface area contributed by atoms with E-state index in [1.165, 1.54) is 40.7 Å². The maximum Gasteiger partial charge on any atom is 0.197 e. The fraction of sp³-hybridized carbons (Fsp3) is 0.435. The van der Waals surface area contributed by atoms with Gasteiger partial charge in [0, 0.05) is 16.4 Å². The first-order valence-corrected chi connectivity index (χ1v) is 13.5. The van der Waals surface area contributed by atoms with Gasteiger partial charge in [-0.3, -0.25) is 0 Å². The summed E-state index contributed by atoms with van der Waals surface area (Å²) >= 11 is 5.49. The predicted octanol–water partition coefficient (Wildman–Crippen LogP) is 6.62. The molecule has 1 atom stereocenters. The molecule has 5 rings (SSSR count). The molecule has 0 saturated carbocycles.